The van der Waals surface area contributed by atoms with Gasteiger partial charge in [-0.05, 0) is 24.3 Å². The molecular weight excluding hydrogens is 386 g/mol. The summed E-state index contributed by atoms with van der Waals surface area (Å²) in [7, 11) is 1.90. The zero-order valence-corrected chi connectivity index (χ0v) is 16.7. The number of nitrogens with zero attached hydrogens (tertiary/aromatic N) is 5. The van der Waals surface area contributed by atoms with Crippen molar-refractivity contribution in [2.45, 2.75) is 6.04 Å². The number of aryl methyl sites for hydroxylation is 1. The lowest BCUT2D eigenvalue weighted by molar-refractivity contribution is 0.000735. The largest absolute Gasteiger partial charge is 0.378 e. The molecule has 2 N–H and O–H groups in total. The van der Waals surface area contributed by atoms with Crippen LogP contribution >= 0.6 is 0 Å². The molecule has 2 amide bonds. The van der Waals surface area contributed by atoms with E-state index in [9.17, 15) is 4.79 Å². The van der Waals surface area contributed by atoms with Crippen LogP contribution in [0.25, 0.3) is 22.4 Å². The Morgan fingerprint density at radius 3 is 2.57 bits per heavy atom. The van der Waals surface area contributed by atoms with E-state index in [-0.39, 0.29) is 12.1 Å². The fraction of sp³-hybridized carbons (Fsp3) is 0.400. The van der Waals surface area contributed by atoms with Crippen LogP contribution in [0.3, 0.4) is 0 Å². The highest BCUT2D eigenvalue weighted by molar-refractivity contribution is 5.90. The maximum Gasteiger partial charge on any atom is 0.319 e. The van der Waals surface area contributed by atoms with Crippen LogP contribution in [-0.4, -0.2) is 71.3 Å². The van der Waals surface area contributed by atoms with Gasteiger partial charge in [-0.15, -0.1) is 0 Å². The van der Waals surface area contributed by atoms with E-state index in [1.165, 1.54) is 0 Å². The van der Waals surface area contributed by atoms with Gasteiger partial charge in [-0.3, -0.25) is 4.68 Å². The Morgan fingerprint density at radius 1 is 1.10 bits per heavy atom. The van der Waals surface area contributed by atoms with Crippen LogP contribution in [0.2, 0.25) is 0 Å². The van der Waals surface area contributed by atoms with Crippen molar-refractivity contribution in [2.75, 3.05) is 49.7 Å². The van der Waals surface area contributed by atoms with Crippen molar-refractivity contribution in [3.8, 4) is 11.4 Å². The maximum absolute atomic E-state index is 12.0. The third-order valence-electron chi connectivity index (χ3n) is 5.25. The van der Waals surface area contributed by atoms with Crippen molar-refractivity contribution in [1.29, 1.82) is 0 Å². The first-order valence-corrected chi connectivity index (χ1v) is 9.95. The SMILES string of the molecule is Cn1ncc2nc(-c3ccc(NC(=O)NC4COC4)cc3)nc(N3CCOCC3)c21. The minimum Gasteiger partial charge on any atom is -0.378 e. The molecule has 0 aliphatic carbocycles. The van der Waals surface area contributed by atoms with E-state index in [4.69, 9.17) is 19.4 Å². The lowest BCUT2D eigenvalue weighted by atomic mass is 10.2. The third-order valence-corrected chi connectivity index (χ3v) is 5.25. The number of ether oxygens (including phenoxy) is 2. The van der Waals surface area contributed by atoms with Gasteiger partial charge < -0.3 is 25.0 Å². The van der Waals surface area contributed by atoms with Crippen molar-refractivity contribution in [3.05, 3.63) is 30.5 Å². The monoisotopic (exact) mass is 409 g/mol. The van der Waals surface area contributed by atoms with Gasteiger partial charge in [-0.1, -0.05) is 0 Å². The molecule has 2 aromatic heterocycles. The fourth-order valence-electron chi connectivity index (χ4n) is 3.56. The molecule has 10 heteroatoms. The van der Waals surface area contributed by atoms with E-state index in [1.807, 2.05) is 36.0 Å². The molecule has 30 heavy (non-hydrogen) atoms. The molecule has 0 bridgehead atoms. The maximum atomic E-state index is 12.0. The van der Waals surface area contributed by atoms with E-state index in [2.05, 4.69) is 20.6 Å². The van der Waals surface area contributed by atoms with E-state index in [1.54, 1.807) is 6.20 Å². The average molecular weight is 409 g/mol. The van der Waals surface area contributed by atoms with Gasteiger partial charge in [0.1, 0.15) is 11.0 Å². The van der Waals surface area contributed by atoms with Gasteiger partial charge in [0.25, 0.3) is 0 Å². The van der Waals surface area contributed by atoms with Gasteiger partial charge in [0, 0.05) is 31.4 Å². The van der Waals surface area contributed by atoms with Crippen LogP contribution < -0.4 is 15.5 Å². The summed E-state index contributed by atoms with van der Waals surface area (Å²) in [6.07, 6.45) is 1.76. The van der Waals surface area contributed by atoms with Crippen LogP contribution in [0.15, 0.2) is 30.5 Å². The molecule has 3 aromatic rings. The lowest BCUT2D eigenvalue weighted by Gasteiger charge is -2.28. The van der Waals surface area contributed by atoms with E-state index in [0.717, 1.165) is 35.5 Å². The zero-order valence-electron chi connectivity index (χ0n) is 16.7. The number of carbonyl (C=O) groups excluding carboxylic acids is 1. The predicted molar refractivity (Wildman–Crippen MR) is 112 cm³/mol. The highest BCUT2D eigenvalue weighted by Gasteiger charge is 2.21. The number of morpholine rings is 1. The molecule has 0 atom stereocenters. The highest BCUT2D eigenvalue weighted by Crippen LogP contribution is 2.28. The molecule has 0 unspecified atom stereocenters. The van der Waals surface area contributed by atoms with Gasteiger partial charge >= 0.3 is 6.03 Å². The number of amides is 2. The summed E-state index contributed by atoms with van der Waals surface area (Å²) >= 11 is 0. The molecule has 2 aliphatic heterocycles. The molecule has 0 spiro atoms. The van der Waals surface area contributed by atoms with Gasteiger partial charge in [0.15, 0.2) is 11.6 Å². The van der Waals surface area contributed by atoms with Crippen molar-refractivity contribution in [2.24, 2.45) is 7.05 Å². The molecule has 10 nitrogen and oxygen atoms in total. The summed E-state index contributed by atoms with van der Waals surface area (Å²) in [5.41, 5.74) is 3.28. The van der Waals surface area contributed by atoms with E-state index >= 15 is 0 Å². The number of urea groups is 1. The highest BCUT2D eigenvalue weighted by atomic mass is 16.5. The quantitative estimate of drug-likeness (QED) is 0.671. The number of aromatic nitrogens is 4. The van der Waals surface area contributed by atoms with Crippen LogP contribution in [0.1, 0.15) is 0 Å². The number of fused-ring (bicyclic) bond motifs is 1. The summed E-state index contributed by atoms with van der Waals surface area (Å²) in [5.74, 6) is 1.49. The second-order valence-corrected chi connectivity index (χ2v) is 7.38. The van der Waals surface area contributed by atoms with Crippen LogP contribution in [-0.2, 0) is 16.5 Å². The Kier molecular flexibility index (Phi) is 4.93. The van der Waals surface area contributed by atoms with E-state index in [0.29, 0.717) is 37.9 Å². The average Bonchev–Trinajstić information content (AvgIpc) is 3.12. The summed E-state index contributed by atoms with van der Waals surface area (Å²) in [5, 5.41) is 10.0. The summed E-state index contributed by atoms with van der Waals surface area (Å²) in [4.78, 5) is 23.8. The molecule has 4 heterocycles. The van der Waals surface area contributed by atoms with Crippen LogP contribution in [0.4, 0.5) is 16.3 Å². The molecule has 2 fully saturated rings. The number of hydrogen-bond acceptors (Lipinski definition) is 7. The van der Waals surface area contributed by atoms with Gasteiger partial charge in [0.05, 0.1) is 38.7 Å². The molecule has 0 saturated carbocycles. The molecule has 5 rings (SSSR count). The van der Waals surface area contributed by atoms with Crippen LogP contribution in [0.5, 0.6) is 0 Å². The Morgan fingerprint density at radius 2 is 1.87 bits per heavy atom. The van der Waals surface area contributed by atoms with Gasteiger partial charge in [-0.2, -0.15) is 5.10 Å². The second kappa shape index (κ2) is 7.88. The number of nitrogens with one attached hydrogen (secondary N) is 2. The number of carbonyl (C=O) groups is 1. The Labute approximate surface area is 173 Å². The summed E-state index contributed by atoms with van der Waals surface area (Å²) < 4.78 is 12.4. The molecular formula is C20H23N7O3. The minimum atomic E-state index is -0.237. The van der Waals surface area contributed by atoms with Gasteiger partial charge in [0.2, 0.25) is 0 Å². The Bertz CT molecular complexity index is 1060. The smallest absolute Gasteiger partial charge is 0.319 e. The predicted octanol–water partition coefficient (Wildman–Crippen LogP) is 1.39. The molecule has 2 saturated heterocycles. The second-order valence-electron chi connectivity index (χ2n) is 7.38. The van der Waals surface area contributed by atoms with Gasteiger partial charge in [-0.25, -0.2) is 14.8 Å². The van der Waals surface area contributed by atoms with Crippen molar-refractivity contribution in [1.82, 2.24) is 25.1 Å². The summed E-state index contributed by atoms with van der Waals surface area (Å²) in [6.45, 7) is 4.03. The number of benzene rings is 1. The normalized spacial score (nSPS) is 17.0. The zero-order chi connectivity index (χ0) is 20.5. The Hall–Kier alpha value is -3.24. The topological polar surface area (TPSA) is 106 Å². The summed E-state index contributed by atoms with van der Waals surface area (Å²) in [6, 6.07) is 7.35. The molecule has 0 radical (unpaired) electrons. The standard InChI is InChI=1S/C20H23N7O3/c1-26-17-16(10-21-26)24-18(25-19(17)27-6-8-29-9-7-27)13-2-4-14(5-3-13)22-20(28)23-15-11-30-12-15/h2-5,10,15H,6-9,11-12H2,1H3,(H2,22,23,28). The fourth-order valence-corrected chi connectivity index (χ4v) is 3.56. The first kappa shape index (κ1) is 18.8. The van der Waals surface area contributed by atoms with E-state index < -0.39 is 0 Å². The van der Waals surface area contributed by atoms with Crippen molar-refractivity contribution >= 4 is 28.6 Å². The lowest BCUT2D eigenvalue weighted by Crippen LogP contribution is -2.49. The third kappa shape index (κ3) is 3.66. The van der Waals surface area contributed by atoms with Crippen LogP contribution in [0, 0.1) is 0 Å². The molecule has 1 aromatic carbocycles. The van der Waals surface area contributed by atoms with Crippen molar-refractivity contribution < 1.29 is 14.3 Å². The van der Waals surface area contributed by atoms with Crippen molar-refractivity contribution in [3.63, 3.8) is 0 Å². The number of hydrogen-bond donors (Lipinski definition) is 2. The Balaban J connectivity index is 1.40. The number of anilines is 2. The first-order valence-electron chi connectivity index (χ1n) is 9.95. The first-order chi connectivity index (χ1) is 14.7. The molecule has 2 aliphatic rings. The number of rotatable bonds is 4. The minimum absolute atomic E-state index is 0.0856. The molecule has 156 valence electrons.